The van der Waals surface area contributed by atoms with Crippen LogP contribution in [0.2, 0.25) is 0 Å². The average Bonchev–Trinajstić information content (AvgIpc) is 3.14. The maximum atomic E-state index is 14.1. The van der Waals surface area contributed by atoms with Gasteiger partial charge in [0.05, 0.1) is 5.56 Å². The topological polar surface area (TPSA) is 77.9 Å². The summed E-state index contributed by atoms with van der Waals surface area (Å²) in [7, 11) is -4.32. The SMILES string of the molecule is CC1CN(S(=O)(=O)C2(C(=O)O)CCc3ccccc32)CCN1c1ccc(C(F)(F)F)c(F)c1. The predicted octanol–water partition coefficient (Wildman–Crippen LogP) is 3.61. The molecule has 2 unspecified atom stereocenters. The number of rotatable bonds is 4. The molecule has 0 radical (unpaired) electrons. The highest BCUT2D eigenvalue weighted by atomic mass is 32.2. The predicted molar refractivity (Wildman–Crippen MR) is 113 cm³/mol. The molecule has 2 atom stereocenters. The second-order valence-electron chi connectivity index (χ2n) is 8.36. The number of alkyl halides is 3. The quantitative estimate of drug-likeness (QED) is 0.669. The van der Waals surface area contributed by atoms with E-state index in [1.807, 2.05) is 0 Å². The third-order valence-electron chi connectivity index (χ3n) is 6.50. The summed E-state index contributed by atoms with van der Waals surface area (Å²) in [5.41, 5.74) is -0.236. The zero-order chi connectivity index (χ0) is 24.2. The molecule has 178 valence electrons. The molecule has 4 rings (SSSR count). The number of aliphatic carboxylic acids is 1. The third-order valence-corrected chi connectivity index (χ3v) is 9.00. The summed E-state index contributed by atoms with van der Waals surface area (Å²) in [4.78, 5) is 14.0. The van der Waals surface area contributed by atoms with Crippen LogP contribution in [0.4, 0.5) is 23.2 Å². The van der Waals surface area contributed by atoms with Gasteiger partial charge >= 0.3 is 12.1 Å². The molecule has 0 aromatic heterocycles. The molecule has 1 fully saturated rings. The van der Waals surface area contributed by atoms with E-state index in [1.54, 1.807) is 30.0 Å². The molecule has 2 aromatic carbocycles. The summed E-state index contributed by atoms with van der Waals surface area (Å²) < 4.78 is 79.0. The number of hydrogen-bond donors (Lipinski definition) is 1. The van der Waals surface area contributed by atoms with Crippen molar-refractivity contribution in [3.63, 3.8) is 0 Å². The minimum absolute atomic E-state index is 0.0720. The van der Waals surface area contributed by atoms with Gasteiger partial charge in [-0.05, 0) is 49.1 Å². The van der Waals surface area contributed by atoms with Gasteiger partial charge in [0.25, 0.3) is 0 Å². The summed E-state index contributed by atoms with van der Waals surface area (Å²) in [6.45, 7) is 1.57. The van der Waals surface area contributed by atoms with E-state index in [0.29, 0.717) is 18.1 Å². The summed E-state index contributed by atoms with van der Waals surface area (Å²) in [6, 6.07) is 8.66. The number of piperazine rings is 1. The van der Waals surface area contributed by atoms with Crippen LogP contribution in [0.15, 0.2) is 42.5 Å². The lowest BCUT2D eigenvalue weighted by molar-refractivity contribution is -0.141. The number of benzene rings is 2. The molecule has 0 bridgehead atoms. The fourth-order valence-electron chi connectivity index (χ4n) is 4.84. The van der Waals surface area contributed by atoms with Gasteiger partial charge in [0.1, 0.15) is 5.82 Å². The number of carbonyl (C=O) groups is 1. The second-order valence-corrected chi connectivity index (χ2v) is 10.5. The number of hydrogen-bond acceptors (Lipinski definition) is 4. The maximum absolute atomic E-state index is 14.1. The van der Waals surface area contributed by atoms with Crippen LogP contribution in [0.5, 0.6) is 0 Å². The van der Waals surface area contributed by atoms with Crippen LogP contribution in [-0.2, 0) is 32.2 Å². The molecule has 6 nitrogen and oxygen atoms in total. The molecule has 0 spiro atoms. The van der Waals surface area contributed by atoms with Crippen molar-refractivity contribution in [3.05, 3.63) is 65.0 Å². The standard InChI is InChI=1S/C22H22F4N2O4S/c1-14-13-27(10-11-28(14)16-6-7-18(19(23)12-16)22(24,25)26)33(31,32)21(20(29)30)9-8-15-4-2-3-5-17(15)21/h2-7,12,14H,8-11,13H2,1H3,(H,29,30). The number of carboxylic acids is 1. The zero-order valence-electron chi connectivity index (χ0n) is 17.6. The van der Waals surface area contributed by atoms with Gasteiger partial charge in [-0.2, -0.15) is 17.5 Å². The minimum Gasteiger partial charge on any atom is -0.480 e. The van der Waals surface area contributed by atoms with Crippen molar-refractivity contribution in [1.29, 1.82) is 0 Å². The molecule has 0 saturated carbocycles. The molecule has 11 heteroatoms. The van der Waals surface area contributed by atoms with Crippen molar-refractivity contribution < 1.29 is 35.9 Å². The summed E-state index contributed by atoms with van der Waals surface area (Å²) in [6.07, 6.45) is -4.57. The van der Waals surface area contributed by atoms with Gasteiger partial charge in [0, 0.05) is 31.4 Å². The molecule has 1 N–H and O–H groups in total. The number of fused-ring (bicyclic) bond motifs is 1. The highest BCUT2D eigenvalue weighted by molar-refractivity contribution is 7.90. The molecule has 1 saturated heterocycles. The molecule has 0 amide bonds. The molecule has 1 aliphatic carbocycles. The van der Waals surface area contributed by atoms with Gasteiger partial charge in [-0.25, -0.2) is 12.8 Å². The first kappa shape index (κ1) is 23.5. The monoisotopic (exact) mass is 486 g/mol. The van der Waals surface area contributed by atoms with E-state index in [9.17, 15) is 35.9 Å². The number of nitrogens with zero attached hydrogens (tertiary/aromatic N) is 2. The van der Waals surface area contributed by atoms with Crippen LogP contribution in [0.25, 0.3) is 0 Å². The molecule has 1 aliphatic heterocycles. The Morgan fingerprint density at radius 2 is 1.85 bits per heavy atom. The fraction of sp³-hybridized carbons (Fsp3) is 0.409. The molecule has 2 aromatic rings. The van der Waals surface area contributed by atoms with Crippen LogP contribution in [-0.4, -0.2) is 49.5 Å². The Bertz CT molecular complexity index is 1200. The Morgan fingerprint density at radius 1 is 1.15 bits per heavy atom. The fourth-order valence-corrected chi connectivity index (χ4v) is 7.07. The lowest BCUT2D eigenvalue weighted by atomic mass is 10.0. The number of aryl methyl sites for hydroxylation is 1. The lowest BCUT2D eigenvalue weighted by Crippen LogP contribution is -2.58. The molecular weight excluding hydrogens is 464 g/mol. The molecule has 2 aliphatic rings. The molecule has 33 heavy (non-hydrogen) atoms. The number of anilines is 1. The van der Waals surface area contributed by atoms with Gasteiger partial charge in [0.15, 0.2) is 0 Å². The Morgan fingerprint density at radius 3 is 2.45 bits per heavy atom. The van der Waals surface area contributed by atoms with Crippen molar-refractivity contribution in [2.24, 2.45) is 0 Å². The van der Waals surface area contributed by atoms with E-state index in [-0.39, 0.29) is 37.3 Å². The maximum Gasteiger partial charge on any atom is 0.419 e. The summed E-state index contributed by atoms with van der Waals surface area (Å²) in [5.74, 6) is -2.85. The van der Waals surface area contributed by atoms with Gasteiger partial charge in [0.2, 0.25) is 14.8 Å². The number of halogens is 4. The van der Waals surface area contributed by atoms with Crippen LogP contribution < -0.4 is 4.90 Å². The highest BCUT2D eigenvalue weighted by Crippen LogP contribution is 2.45. The Kier molecular flexibility index (Phi) is 5.68. The van der Waals surface area contributed by atoms with E-state index >= 15 is 0 Å². The Hall–Kier alpha value is -2.66. The lowest BCUT2D eigenvalue weighted by Gasteiger charge is -2.43. The van der Waals surface area contributed by atoms with E-state index in [0.717, 1.165) is 16.4 Å². The first-order valence-electron chi connectivity index (χ1n) is 10.3. The van der Waals surface area contributed by atoms with E-state index < -0.39 is 44.3 Å². The molecular formula is C22H22F4N2O4S. The average molecular weight is 486 g/mol. The Labute approximate surface area is 188 Å². The first-order valence-corrected chi connectivity index (χ1v) is 11.8. The molecule has 1 heterocycles. The van der Waals surface area contributed by atoms with Crippen molar-refractivity contribution in [3.8, 4) is 0 Å². The van der Waals surface area contributed by atoms with Gasteiger partial charge in [-0.3, -0.25) is 4.79 Å². The first-order chi connectivity index (χ1) is 15.4. The third kappa shape index (κ3) is 3.67. The summed E-state index contributed by atoms with van der Waals surface area (Å²) in [5, 5.41) is 10.0. The van der Waals surface area contributed by atoms with Gasteiger partial charge < -0.3 is 10.0 Å². The number of carboxylic acid groups (broad SMARTS) is 1. The Balaban J connectivity index is 1.61. The number of sulfonamides is 1. The van der Waals surface area contributed by atoms with E-state index in [4.69, 9.17) is 0 Å². The van der Waals surface area contributed by atoms with Gasteiger partial charge in [-0.15, -0.1) is 0 Å². The largest absolute Gasteiger partial charge is 0.480 e. The van der Waals surface area contributed by atoms with Crippen LogP contribution in [0.3, 0.4) is 0 Å². The van der Waals surface area contributed by atoms with Crippen LogP contribution >= 0.6 is 0 Å². The second kappa shape index (κ2) is 7.98. The zero-order valence-corrected chi connectivity index (χ0v) is 18.5. The van der Waals surface area contributed by atoms with Crippen molar-refractivity contribution in [1.82, 2.24) is 4.31 Å². The van der Waals surface area contributed by atoms with Crippen molar-refractivity contribution >= 4 is 21.7 Å². The normalized spacial score (nSPS) is 24.0. The summed E-state index contributed by atoms with van der Waals surface area (Å²) >= 11 is 0. The van der Waals surface area contributed by atoms with Crippen molar-refractivity contribution in [2.75, 3.05) is 24.5 Å². The highest BCUT2D eigenvalue weighted by Gasteiger charge is 2.58. The van der Waals surface area contributed by atoms with Gasteiger partial charge in [-0.1, -0.05) is 24.3 Å². The van der Waals surface area contributed by atoms with Crippen molar-refractivity contribution in [2.45, 2.75) is 36.7 Å². The van der Waals surface area contributed by atoms with E-state index in [2.05, 4.69) is 0 Å². The smallest absolute Gasteiger partial charge is 0.419 e. The van der Waals surface area contributed by atoms with E-state index in [1.165, 1.54) is 6.07 Å². The van der Waals surface area contributed by atoms with Crippen LogP contribution in [0.1, 0.15) is 30.0 Å². The minimum atomic E-state index is -4.82. The van der Waals surface area contributed by atoms with Crippen LogP contribution in [0, 0.1) is 5.82 Å².